The van der Waals surface area contributed by atoms with Gasteiger partial charge in [-0.25, -0.2) is 0 Å². The highest BCUT2D eigenvalue weighted by atomic mass is 79.9. The molecular weight excluding hydrogens is 292 g/mol. The van der Waals surface area contributed by atoms with Crippen LogP contribution >= 0.6 is 15.9 Å². The summed E-state index contributed by atoms with van der Waals surface area (Å²) in [5.74, 6) is 1.08. The molecule has 3 nitrogen and oxygen atoms in total. The van der Waals surface area contributed by atoms with Crippen LogP contribution in [0.4, 0.5) is 0 Å². The maximum atomic E-state index is 11.3. The normalized spacial score (nSPS) is 17.4. The Morgan fingerprint density at radius 1 is 1.33 bits per heavy atom. The first-order chi connectivity index (χ1) is 8.65. The number of ketones is 1. The van der Waals surface area contributed by atoms with Gasteiger partial charge in [-0.1, -0.05) is 6.92 Å². The molecule has 0 atom stereocenters. The molecule has 100 valence electrons. The fourth-order valence-corrected chi connectivity index (χ4v) is 3.42. The number of aryl methyl sites for hydroxylation is 2. The van der Waals surface area contributed by atoms with Gasteiger partial charge in [0, 0.05) is 19.4 Å². The van der Waals surface area contributed by atoms with Gasteiger partial charge in [0.25, 0.3) is 0 Å². The number of carbonyl (C=O) groups excluding carboxylic acids is 1. The zero-order valence-corrected chi connectivity index (χ0v) is 12.8. The average Bonchev–Trinajstić information content (AvgIpc) is 2.69. The van der Waals surface area contributed by atoms with E-state index < -0.39 is 0 Å². The summed E-state index contributed by atoms with van der Waals surface area (Å²) in [5.41, 5.74) is 2.47. The molecule has 0 bridgehead atoms. The molecule has 1 aromatic heterocycles. The van der Waals surface area contributed by atoms with Crippen LogP contribution in [-0.2, 0) is 24.2 Å². The summed E-state index contributed by atoms with van der Waals surface area (Å²) in [7, 11) is 0. The van der Waals surface area contributed by atoms with Gasteiger partial charge < -0.3 is 0 Å². The van der Waals surface area contributed by atoms with Crippen molar-refractivity contribution in [3.63, 3.8) is 0 Å². The first-order valence-corrected chi connectivity index (χ1v) is 7.70. The number of carbonyl (C=O) groups is 1. The van der Waals surface area contributed by atoms with Crippen LogP contribution in [0, 0.1) is 5.92 Å². The Balaban J connectivity index is 2.12. The number of Topliss-reactive ketones (excluding diaryl/α,β-unsaturated/α-hetero) is 1. The van der Waals surface area contributed by atoms with E-state index in [0.717, 1.165) is 50.8 Å². The predicted octanol–water partition coefficient (Wildman–Crippen LogP) is 3.53. The van der Waals surface area contributed by atoms with Crippen LogP contribution in [0.25, 0.3) is 0 Å². The zero-order chi connectivity index (χ0) is 13.1. The number of aromatic nitrogens is 2. The molecule has 0 saturated heterocycles. The van der Waals surface area contributed by atoms with Gasteiger partial charge in [0.2, 0.25) is 0 Å². The molecule has 4 heteroatoms. The van der Waals surface area contributed by atoms with Crippen molar-refractivity contribution in [3.8, 4) is 0 Å². The molecule has 0 aromatic carbocycles. The molecule has 1 aromatic rings. The first-order valence-electron chi connectivity index (χ1n) is 6.91. The SMILES string of the molecule is CCc1nn(CC)c(CC2CCC(=O)CC2)c1Br. The van der Waals surface area contributed by atoms with E-state index in [0.29, 0.717) is 11.7 Å². The Morgan fingerprint density at radius 3 is 2.56 bits per heavy atom. The van der Waals surface area contributed by atoms with Crippen LogP contribution in [0.1, 0.15) is 50.9 Å². The predicted molar refractivity (Wildman–Crippen MR) is 75.6 cm³/mol. The summed E-state index contributed by atoms with van der Waals surface area (Å²) >= 11 is 3.69. The molecule has 1 heterocycles. The lowest BCUT2D eigenvalue weighted by Crippen LogP contribution is -2.17. The quantitative estimate of drug-likeness (QED) is 0.852. The Labute approximate surface area is 117 Å². The number of hydrogen-bond donors (Lipinski definition) is 0. The Kier molecular flexibility index (Phi) is 4.60. The van der Waals surface area contributed by atoms with E-state index in [4.69, 9.17) is 0 Å². The van der Waals surface area contributed by atoms with E-state index in [1.165, 1.54) is 10.2 Å². The second-order valence-corrected chi connectivity index (χ2v) is 5.86. The molecule has 1 saturated carbocycles. The standard InChI is InChI=1S/C14H21BrN2O/c1-3-12-14(15)13(17(4-2)16-12)9-10-5-7-11(18)8-6-10/h10H,3-9H2,1-2H3. The Morgan fingerprint density at radius 2 is 2.00 bits per heavy atom. The van der Waals surface area contributed by atoms with Gasteiger partial charge in [-0.05, 0) is 54.5 Å². The van der Waals surface area contributed by atoms with Gasteiger partial charge in [0.1, 0.15) is 5.78 Å². The molecule has 0 unspecified atom stereocenters. The number of hydrogen-bond acceptors (Lipinski definition) is 2. The minimum atomic E-state index is 0.434. The van der Waals surface area contributed by atoms with Crippen molar-refractivity contribution in [1.82, 2.24) is 9.78 Å². The topological polar surface area (TPSA) is 34.9 Å². The van der Waals surface area contributed by atoms with Gasteiger partial charge in [-0.2, -0.15) is 5.10 Å². The van der Waals surface area contributed by atoms with Crippen molar-refractivity contribution in [1.29, 1.82) is 0 Å². The summed E-state index contributed by atoms with van der Waals surface area (Å²) in [6.07, 6.45) is 5.63. The third-order valence-electron chi connectivity index (χ3n) is 3.84. The molecule has 18 heavy (non-hydrogen) atoms. The Bertz CT molecular complexity index is 429. The third-order valence-corrected chi connectivity index (χ3v) is 4.75. The second kappa shape index (κ2) is 6.00. The molecule has 2 rings (SSSR count). The molecular formula is C14H21BrN2O. The van der Waals surface area contributed by atoms with Crippen LogP contribution in [0.15, 0.2) is 4.47 Å². The fourth-order valence-electron chi connectivity index (χ4n) is 2.69. The van der Waals surface area contributed by atoms with Crippen molar-refractivity contribution in [3.05, 3.63) is 15.9 Å². The molecule has 1 aliphatic carbocycles. The number of nitrogens with zero attached hydrogens (tertiary/aromatic N) is 2. The summed E-state index contributed by atoms with van der Waals surface area (Å²) in [6.45, 7) is 5.18. The first kappa shape index (κ1) is 13.8. The van der Waals surface area contributed by atoms with Crippen molar-refractivity contribution in [2.24, 2.45) is 5.92 Å². The van der Waals surface area contributed by atoms with E-state index in [2.05, 4.69) is 39.6 Å². The average molecular weight is 313 g/mol. The van der Waals surface area contributed by atoms with E-state index in [1.54, 1.807) is 0 Å². The van der Waals surface area contributed by atoms with E-state index in [1.807, 2.05) is 0 Å². The van der Waals surface area contributed by atoms with Crippen molar-refractivity contribution in [2.45, 2.75) is 58.9 Å². The van der Waals surface area contributed by atoms with E-state index >= 15 is 0 Å². The Hall–Kier alpha value is -0.640. The summed E-state index contributed by atoms with van der Waals surface area (Å²) in [4.78, 5) is 11.3. The maximum absolute atomic E-state index is 11.3. The smallest absolute Gasteiger partial charge is 0.132 e. The van der Waals surface area contributed by atoms with Gasteiger partial charge >= 0.3 is 0 Å². The van der Waals surface area contributed by atoms with Crippen LogP contribution in [0.3, 0.4) is 0 Å². The fraction of sp³-hybridized carbons (Fsp3) is 0.714. The largest absolute Gasteiger partial charge is 0.300 e. The minimum absolute atomic E-state index is 0.434. The monoisotopic (exact) mass is 312 g/mol. The number of rotatable bonds is 4. The van der Waals surface area contributed by atoms with Crippen molar-refractivity contribution in [2.75, 3.05) is 0 Å². The molecule has 0 aliphatic heterocycles. The minimum Gasteiger partial charge on any atom is -0.300 e. The van der Waals surface area contributed by atoms with Crippen molar-refractivity contribution >= 4 is 21.7 Å². The zero-order valence-electron chi connectivity index (χ0n) is 11.2. The molecule has 1 fully saturated rings. The highest BCUT2D eigenvalue weighted by Gasteiger charge is 2.22. The van der Waals surface area contributed by atoms with Crippen LogP contribution in [0.2, 0.25) is 0 Å². The lowest BCUT2D eigenvalue weighted by Gasteiger charge is -2.21. The highest BCUT2D eigenvalue weighted by Crippen LogP contribution is 2.30. The van der Waals surface area contributed by atoms with E-state index in [-0.39, 0.29) is 0 Å². The lowest BCUT2D eigenvalue weighted by molar-refractivity contribution is -0.121. The molecule has 0 radical (unpaired) electrons. The van der Waals surface area contributed by atoms with Gasteiger partial charge in [-0.3, -0.25) is 9.48 Å². The molecule has 0 amide bonds. The summed E-state index contributed by atoms with van der Waals surface area (Å²) < 4.78 is 3.29. The van der Waals surface area contributed by atoms with Crippen LogP contribution in [0.5, 0.6) is 0 Å². The molecule has 0 N–H and O–H groups in total. The van der Waals surface area contributed by atoms with Gasteiger partial charge in [0.15, 0.2) is 0 Å². The summed E-state index contributed by atoms with van der Waals surface area (Å²) in [6, 6.07) is 0. The van der Waals surface area contributed by atoms with Gasteiger partial charge in [-0.15, -0.1) is 0 Å². The van der Waals surface area contributed by atoms with Crippen molar-refractivity contribution < 1.29 is 4.79 Å². The highest BCUT2D eigenvalue weighted by molar-refractivity contribution is 9.10. The third kappa shape index (κ3) is 2.85. The van der Waals surface area contributed by atoms with Gasteiger partial charge in [0.05, 0.1) is 15.9 Å². The maximum Gasteiger partial charge on any atom is 0.132 e. The second-order valence-electron chi connectivity index (χ2n) is 5.06. The molecule has 1 aliphatic rings. The van der Waals surface area contributed by atoms with Crippen LogP contribution < -0.4 is 0 Å². The number of halogens is 1. The van der Waals surface area contributed by atoms with E-state index in [9.17, 15) is 4.79 Å². The lowest BCUT2D eigenvalue weighted by atomic mass is 9.85. The molecule has 0 spiro atoms. The van der Waals surface area contributed by atoms with Crippen LogP contribution in [-0.4, -0.2) is 15.6 Å². The summed E-state index contributed by atoms with van der Waals surface area (Å²) in [5, 5.41) is 4.63.